The first-order chi connectivity index (χ1) is 19.4. The van der Waals surface area contributed by atoms with Crippen LogP contribution in [0.15, 0.2) is 53.7 Å². The second-order valence-corrected chi connectivity index (χ2v) is 10.4. The van der Waals surface area contributed by atoms with E-state index in [-0.39, 0.29) is 29.1 Å². The topological polar surface area (TPSA) is 128 Å². The summed E-state index contributed by atoms with van der Waals surface area (Å²) in [4.78, 5) is 42.5. The lowest BCUT2D eigenvalue weighted by Crippen LogP contribution is -2.31. The minimum atomic E-state index is -0.698. The molecule has 6 rings (SSSR count). The fourth-order valence-corrected chi connectivity index (χ4v) is 5.75. The van der Waals surface area contributed by atoms with Gasteiger partial charge >= 0.3 is 11.8 Å². The minimum Gasteiger partial charge on any atom is -0.450 e. The smallest absolute Gasteiger partial charge is 0.411 e. The standard InChI is InChI=1S/C28H30FN7O4/c1-2-39-27(38)34-22-12-19(29)4-6-23(22)40-24-13-30-17-31-25(24)36-10-8-28(16-36)7-9-35(15-28)14-18-3-5-20-21(11-18)33-26(37)32-20/h3-6,11-13,17H,2,7-10,14-16H2,1H3,(H,34,38)(H2,32,33,37). The second-order valence-electron chi connectivity index (χ2n) is 10.4. The molecule has 12 heteroatoms. The summed E-state index contributed by atoms with van der Waals surface area (Å²) in [5.74, 6) is 0.810. The number of imidazole rings is 1. The number of anilines is 2. The van der Waals surface area contributed by atoms with E-state index < -0.39 is 11.9 Å². The molecule has 1 amide bonds. The van der Waals surface area contributed by atoms with Crippen molar-refractivity contribution in [2.24, 2.45) is 5.41 Å². The van der Waals surface area contributed by atoms with Gasteiger partial charge in [0.2, 0.25) is 0 Å². The third-order valence-corrected chi connectivity index (χ3v) is 7.57. The van der Waals surface area contributed by atoms with Crippen molar-refractivity contribution in [3.05, 3.63) is 70.8 Å². The van der Waals surface area contributed by atoms with E-state index >= 15 is 0 Å². The number of H-pyrrole nitrogens is 2. The number of hydrogen-bond acceptors (Lipinski definition) is 8. The number of fused-ring (bicyclic) bond motifs is 1. The van der Waals surface area contributed by atoms with Crippen molar-refractivity contribution < 1.29 is 18.7 Å². The molecular formula is C28H30FN7O4. The van der Waals surface area contributed by atoms with Crippen LogP contribution in [-0.2, 0) is 11.3 Å². The zero-order valence-electron chi connectivity index (χ0n) is 22.1. The summed E-state index contributed by atoms with van der Waals surface area (Å²) in [5.41, 5.74) is 2.87. The lowest BCUT2D eigenvalue weighted by Gasteiger charge is -2.26. The zero-order valence-corrected chi connectivity index (χ0v) is 22.1. The molecule has 2 aromatic carbocycles. The maximum Gasteiger partial charge on any atom is 0.411 e. The number of aromatic nitrogens is 4. The summed E-state index contributed by atoms with van der Waals surface area (Å²) < 4.78 is 25.0. The highest BCUT2D eigenvalue weighted by Gasteiger charge is 2.44. The molecule has 4 aromatic rings. The van der Waals surface area contributed by atoms with Gasteiger partial charge in [0.15, 0.2) is 17.3 Å². The largest absolute Gasteiger partial charge is 0.450 e. The fraction of sp³-hybridized carbons (Fsp3) is 0.357. The molecule has 2 saturated heterocycles. The van der Waals surface area contributed by atoms with Gasteiger partial charge in [0, 0.05) is 37.7 Å². The summed E-state index contributed by atoms with van der Waals surface area (Å²) in [6.07, 6.45) is 4.45. The molecule has 208 valence electrons. The van der Waals surface area contributed by atoms with Crippen LogP contribution in [-0.4, -0.2) is 63.7 Å². The second kappa shape index (κ2) is 10.6. The van der Waals surface area contributed by atoms with Crippen LogP contribution in [0, 0.1) is 11.2 Å². The summed E-state index contributed by atoms with van der Waals surface area (Å²) in [7, 11) is 0. The number of nitrogens with zero attached hydrogens (tertiary/aromatic N) is 4. The lowest BCUT2D eigenvalue weighted by molar-refractivity contribution is 0.168. The molecule has 11 nitrogen and oxygen atoms in total. The van der Waals surface area contributed by atoms with Gasteiger partial charge in [-0.3, -0.25) is 10.2 Å². The number of amides is 1. The molecule has 2 fully saturated rings. The van der Waals surface area contributed by atoms with Gasteiger partial charge in [0.05, 0.1) is 29.5 Å². The quantitative estimate of drug-likeness (QED) is 0.313. The molecular weight excluding hydrogens is 517 g/mol. The van der Waals surface area contributed by atoms with Crippen LogP contribution in [0.5, 0.6) is 11.5 Å². The Morgan fingerprint density at radius 1 is 1.10 bits per heavy atom. The van der Waals surface area contributed by atoms with Crippen LogP contribution in [0.25, 0.3) is 11.0 Å². The third-order valence-electron chi connectivity index (χ3n) is 7.57. The Bertz CT molecular complexity index is 1610. The molecule has 0 aliphatic carbocycles. The molecule has 2 aliphatic rings. The first-order valence-corrected chi connectivity index (χ1v) is 13.3. The monoisotopic (exact) mass is 547 g/mol. The van der Waals surface area contributed by atoms with Gasteiger partial charge < -0.3 is 24.3 Å². The lowest BCUT2D eigenvalue weighted by atomic mass is 9.86. The van der Waals surface area contributed by atoms with Crippen LogP contribution in [0.1, 0.15) is 25.3 Å². The molecule has 2 aromatic heterocycles. The molecule has 0 radical (unpaired) electrons. The van der Waals surface area contributed by atoms with Gasteiger partial charge in [-0.25, -0.2) is 23.9 Å². The minimum absolute atomic E-state index is 0.126. The van der Waals surface area contributed by atoms with Crippen molar-refractivity contribution in [3.8, 4) is 11.5 Å². The molecule has 3 N–H and O–H groups in total. The summed E-state index contributed by atoms with van der Waals surface area (Å²) in [5, 5.41) is 2.53. The number of aromatic amines is 2. The van der Waals surface area contributed by atoms with Gasteiger partial charge in [0.1, 0.15) is 12.1 Å². The van der Waals surface area contributed by atoms with Crippen LogP contribution < -0.4 is 20.6 Å². The number of hydrogen-bond donors (Lipinski definition) is 3. The Balaban J connectivity index is 1.15. The maximum absolute atomic E-state index is 14.0. The van der Waals surface area contributed by atoms with E-state index in [1.807, 2.05) is 12.1 Å². The Morgan fingerprint density at radius 2 is 1.95 bits per heavy atom. The highest BCUT2D eigenvalue weighted by molar-refractivity contribution is 5.86. The zero-order chi connectivity index (χ0) is 27.7. The number of ether oxygens (including phenoxy) is 2. The van der Waals surface area contributed by atoms with Crippen molar-refractivity contribution >= 4 is 28.6 Å². The Kier molecular flexibility index (Phi) is 6.84. The predicted octanol–water partition coefficient (Wildman–Crippen LogP) is 4.25. The van der Waals surface area contributed by atoms with Gasteiger partial charge in [0.25, 0.3) is 0 Å². The van der Waals surface area contributed by atoms with Crippen molar-refractivity contribution in [2.45, 2.75) is 26.3 Å². The first-order valence-electron chi connectivity index (χ1n) is 13.3. The van der Waals surface area contributed by atoms with E-state index in [2.05, 4.69) is 41.1 Å². The molecule has 1 atom stereocenters. The van der Waals surface area contributed by atoms with E-state index in [1.165, 1.54) is 24.5 Å². The molecule has 4 heterocycles. The van der Waals surface area contributed by atoms with E-state index in [4.69, 9.17) is 9.47 Å². The molecule has 40 heavy (non-hydrogen) atoms. The SMILES string of the molecule is CCOC(=O)Nc1cc(F)ccc1Oc1cncnc1N1CCC2(CCN(Cc3ccc4[nH]c(=O)[nH]c4c3)C2)C1. The number of halogens is 1. The van der Waals surface area contributed by atoms with Crippen molar-refractivity contribution in [2.75, 3.05) is 43.0 Å². The molecule has 0 bridgehead atoms. The molecule has 2 aliphatic heterocycles. The van der Waals surface area contributed by atoms with Gasteiger partial charge in [-0.15, -0.1) is 0 Å². The first kappa shape index (κ1) is 25.8. The average molecular weight is 548 g/mol. The maximum atomic E-state index is 14.0. The predicted molar refractivity (Wildman–Crippen MR) is 147 cm³/mol. The molecule has 0 saturated carbocycles. The number of benzene rings is 2. The average Bonchev–Trinajstić information content (AvgIpc) is 3.64. The van der Waals surface area contributed by atoms with Gasteiger partial charge in [-0.2, -0.15) is 0 Å². The van der Waals surface area contributed by atoms with Crippen molar-refractivity contribution in [1.29, 1.82) is 0 Å². The van der Waals surface area contributed by atoms with E-state index in [0.717, 1.165) is 62.2 Å². The van der Waals surface area contributed by atoms with Crippen LogP contribution in [0.4, 0.5) is 20.7 Å². The van der Waals surface area contributed by atoms with E-state index in [1.54, 1.807) is 13.1 Å². The van der Waals surface area contributed by atoms with Crippen LogP contribution in [0.2, 0.25) is 0 Å². The molecule has 1 unspecified atom stereocenters. The summed E-state index contributed by atoms with van der Waals surface area (Å²) in [6, 6.07) is 9.93. The highest BCUT2D eigenvalue weighted by Crippen LogP contribution is 2.43. The van der Waals surface area contributed by atoms with E-state index in [0.29, 0.717) is 11.6 Å². The highest BCUT2D eigenvalue weighted by atomic mass is 19.1. The van der Waals surface area contributed by atoms with Gasteiger partial charge in [-0.1, -0.05) is 6.07 Å². The van der Waals surface area contributed by atoms with Crippen LogP contribution in [0.3, 0.4) is 0 Å². The Morgan fingerprint density at radius 3 is 2.83 bits per heavy atom. The number of likely N-dealkylation sites (tertiary alicyclic amines) is 1. The number of nitrogens with one attached hydrogen (secondary N) is 3. The van der Waals surface area contributed by atoms with Gasteiger partial charge in [-0.05, 0) is 56.1 Å². The summed E-state index contributed by atoms with van der Waals surface area (Å²) >= 11 is 0. The normalized spacial score (nSPS) is 19.0. The fourth-order valence-electron chi connectivity index (χ4n) is 5.75. The number of rotatable bonds is 7. The molecule has 1 spiro atoms. The number of carbonyl (C=O) groups is 1. The summed E-state index contributed by atoms with van der Waals surface area (Å²) in [6.45, 7) is 6.26. The Hall–Kier alpha value is -4.45. The van der Waals surface area contributed by atoms with Crippen molar-refractivity contribution in [1.82, 2.24) is 24.8 Å². The van der Waals surface area contributed by atoms with E-state index in [9.17, 15) is 14.0 Å². The Labute approximate surface area is 229 Å². The van der Waals surface area contributed by atoms with Crippen LogP contribution >= 0.6 is 0 Å². The van der Waals surface area contributed by atoms with Crippen molar-refractivity contribution in [3.63, 3.8) is 0 Å². The number of carbonyl (C=O) groups excluding carboxylic acids is 1. The third kappa shape index (κ3) is 5.34.